The Labute approximate surface area is 172 Å². The summed E-state index contributed by atoms with van der Waals surface area (Å²) in [4.78, 5) is 39.4. The molecule has 1 unspecified atom stereocenters. The molecule has 2 aromatic rings. The van der Waals surface area contributed by atoms with Gasteiger partial charge in [0.25, 0.3) is 0 Å². The maximum Gasteiger partial charge on any atom is 0.227 e. The number of benzene rings is 1. The average molecular weight is 398 g/mol. The van der Waals surface area contributed by atoms with Gasteiger partial charge < -0.3 is 19.7 Å². The fraction of sp³-hybridized carbons (Fsp3) is 0.591. The predicted molar refractivity (Wildman–Crippen MR) is 113 cm³/mol. The third-order valence-electron chi connectivity index (χ3n) is 6.20. The molecule has 156 valence electrons. The minimum atomic E-state index is -0.176. The second kappa shape index (κ2) is 8.53. The number of hydrogen-bond acceptors (Lipinski definition) is 4. The summed E-state index contributed by atoms with van der Waals surface area (Å²) >= 11 is 0. The molecule has 29 heavy (non-hydrogen) atoms. The van der Waals surface area contributed by atoms with Gasteiger partial charge in [0.2, 0.25) is 11.8 Å². The molecule has 4 rings (SSSR count). The fourth-order valence-corrected chi connectivity index (χ4v) is 4.53. The number of para-hydroxylation sites is 2. The van der Waals surface area contributed by atoms with E-state index in [1.807, 2.05) is 48.2 Å². The van der Waals surface area contributed by atoms with Crippen molar-refractivity contribution in [1.82, 2.24) is 24.7 Å². The lowest BCUT2D eigenvalue weighted by molar-refractivity contribution is -0.136. The molecule has 0 radical (unpaired) electrons. The molecule has 1 atom stereocenters. The Bertz CT molecular complexity index is 836. The highest BCUT2D eigenvalue weighted by Gasteiger charge is 2.37. The van der Waals surface area contributed by atoms with Crippen LogP contribution in [0.2, 0.25) is 0 Å². The van der Waals surface area contributed by atoms with Crippen LogP contribution in [0.4, 0.5) is 0 Å². The van der Waals surface area contributed by atoms with E-state index < -0.39 is 0 Å². The predicted octanol–water partition coefficient (Wildman–Crippen LogP) is 2.07. The molecule has 2 aliphatic heterocycles. The lowest BCUT2D eigenvalue weighted by Crippen LogP contribution is -2.42. The summed E-state index contributed by atoms with van der Waals surface area (Å²) in [6.07, 6.45) is 3.14. The lowest BCUT2D eigenvalue weighted by Gasteiger charge is -2.32. The Kier molecular flexibility index (Phi) is 5.85. The quantitative estimate of drug-likeness (QED) is 0.810. The molecule has 0 bridgehead atoms. The number of aromatic amines is 1. The van der Waals surface area contributed by atoms with Gasteiger partial charge in [-0.2, -0.15) is 0 Å². The molecule has 1 aromatic carbocycles. The van der Waals surface area contributed by atoms with Crippen molar-refractivity contribution in [2.75, 3.05) is 46.8 Å². The number of aromatic nitrogens is 2. The van der Waals surface area contributed by atoms with Gasteiger partial charge in [0, 0.05) is 38.5 Å². The molecule has 2 amide bonds. The number of likely N-dealkylation sites (tertiary alicyclic amines) is 2. The van der Waals surface area contributed by atoms with Crippen molar-refractivity contribution in [2.24, 2.45) is 5.92 Å². The number of H-pyrrole nitrogens is 1. The molecule has 2 aliphatic rings. The van der Waals surface area contributed by atoms with E-state index in [1.165, 1.54) is 0 Å². The number of nitrogens with zero attached hydrogens (tertiary/aromatic N) is 4. The zero-order chi connectivity index (χ0) is 20.4. The Morgan fingerprint density at radius 3 is 2.72 bits per heavy atom. The van der Waals surface area contributed by atoms with Gasteiger partial charge in [0.15, 0.2) is 0 Å². The van der Waals surface area contributed by atoms with E-state index in [2.05, 4.69) is 9.88 Å². The molecule has 2 fully saturated rings. The molecule has 0 saturated carbocycles. The molecule has 3 heterocycles. The number of imidazole rings is 1. The normalized spacial score (nSPS) is 20.9. The number of nitrogens with one attached hydrogen (secondary N) is 1. The van der Waals surface area contributed by atoms with E-state index in [0.717, 1.165) is 62.3 Å². The molecular formula is C22H31N5O2. The summed E-state index contributed by atoms with van der Waals surface area (Å²) in [6.45, 7) is 3.76. The van der Waals surface area contributed by atoms with Crippen LogP contribution in [0.3, 0.4) is 0 Å². The summed E-state index contributed by atoms with van der Waals surface area (Å²) in [5.41, 5.74) is 2.07. The summed E-state index contributed by atoms with van der Waals surface area (Å²) in [7, 11) is 4.07. The Hall–Kier alpha value is -2.41. The molecule has 0 aliphatic carbocycles. The highest BCUT2D eigenvalue weighted by molar-refractivity contribution is 5.89. The van der Waals surface area contributed by atoms with Crippen molar-refractivity contribution in [1.29, 1.82) is 0 Å². The first kappa shape index (κ1) is 19.9. The number of carbonyl (C=O) groups is 2. The van der Waals surface area contributed by atoms with Gasteiger partial charge in [-0.05, 0) is 52.0 Å². The van der Waals surface area contributed by atoms with E-state index in [9.17, 15) is 9.59 Å². The number of hydrogen-bond donors (Lipinski definition) is 1. The summed E-state index contributed by atoms with van der Waals surface area (Å²) < 4.78 is 0. The summed E-state index contributed by atoms with van der Waals surface area (Å²) in [5, 5.41) is 0. The van der Waals surface area contributed by atoms with Crippen molar-refractivity contribution in [3.05, 3.63) is 30.1 Å². The summed E-state index contributed by atoms with van der Waals surface area (Å²) in [6, 6.07) is 8.08. The van der Waals surface area contributed by atoms with Gasteiger partial charge in [-0.25, -0.2) is 4.98 Å². The van der Waals surface area contributed by atoms with E-state index in [1.54, 1.807) is 0 Å². The van der Waals surface area contributed by atoms with E-state index in [-0.39, 0.29) is 17.7 Å². The largest absolute Gasteiger partial charge is 0.342 e. The standard InChI is InChI=1S/C22H31N5O2/c1-25(2)10-5-11-27-15-17(14-20(27)28)22(29)26-12-8-16(9-13-26)21-23-18-6-3-4-7-19(18)24-21/h3-4,6-7,16-17H,5,8-15H2,1-2H3,(H,23,24). The summed E-state index contributed by atoms with van der Waals surface area (Å²) in [5.74, 6) is 1.49. The molecule has 1 N–H and O–H groups in total. The lowest BCUT2D eigenvalue weighted by atomic mass is 9.95. The van der Waals surface area contributed by atoms with Crippen LogP contribution < -0.4 is 0 Å². The first-order valence-electron chi connectivity index (χ1n) is 10.7. The Balaban J connectivity index is 1.29. The van der Waals surface area contributed by atoms with E-state index in [4.69, 9.17) is 4.98 Å². The van der Waals surface area contributed by atoms with Crippen molar-refractivity contribution in [2.45, 2.75) is 31.6 Å². The van der Waals surface area contributed by atoms with Gasteiger partial charge in [-0.15, -0.1) is 0 Å². The first-order chi connectivity index (χ1) is 14.0. The van der Waals surface area contributed by atoms with Gasteiger partial charge in [0.05, 0.1) is 17.0 Å². The number of piperidine rings is 1. The van der Waals surface area contributed by atoms with Crippen molar-refractivity contribution in [3.63, 3.8) is 0 Å². The van der Waals surface area contributed by atoms with Crippen LogP contribution in [0.15, 0.2) is 24.3 Å². The fourth-order valence-electron chi connectivity index (χ4n) is 4.53. The van der Waals surface area contributed by atoms with Gasteiger partial charge in [-0.1, -0.05) is 12.1 Å². The SMILES string of the molecule is CN(C)CCCN1CC(C(=O)N2CCC(c3nc4ccccc4[nH]3)CC2)CC1=O. The molecule has 7 heteroatoms. The monoisotopic (exact) mass is 397 g/mol. The highest BCUT2D eigenvalue weighted by atomic mass is 16.2. The maximum atomic E-state index is 13.0. The van der Waals surface area contributed by atoms with Crippen LogP contribution in [0.1, 0.15) is 37.4 Å². The van der Waals surface area contributed by atoms with Crippen molar-refractivity contribution < 1.29 is 9.59 Å². The minimum absolute atomic E-state index is 0.124. The first-order valence-corrected chi connectivity index (χ1v) is 10.7. The molecule has 1 aromatic heterocycles. The Morgan fingerprint density at radius 2 is 2.00 bits per heavy atom. The van der Waals surface area contributed by atoms with Crippen molar-refractivity contribution >= 4 is 22.8 Å². The van der Waals surface area contributed by atoms with Crippen LogP contribution in [0.5, 0.6) is 0 Å². The Morgan fingerprint density at radius 1 is 1.24 bits per heavy atom. The van der Waals surface area contributed by atoms with Gasteiger partial charge in [-0.3, -0.25) is 9.59 Å². The number of fused-ring (bicyclic) bond motifs is 1. The molecule has 2 saturated heterocycles. The zero-order valence-electron chi connectivity index (χ0n) is 17.4. The molecular weight excluding hydrogens is 366 g/mol. The second-order valence-electron chi connectivity index (χ2n) is 8.64. The van der Waals surface area contributed by atoms with E-state index >= 15 is 0 Å². The average Bonchev–Trinajstić information content (AvgIpc) is 3.31. The molecule has 7 nitrogen and oxygen atoms in total. The van der Waals surface area contributed by atoms with Crippen molar-refractivity contribution in [3.8, 4) is 0 Å². The highest BCUT2D eigenvalue weighted by Crippen LogP contribution is 2.29. The minimum Gasteiger partial charge on any atom is -0.342 e. The molecule has 0 spiro atoms. The van der Waals surface area contributed by atoms with Crippen LogP contribution in [-0.2, 0) is 9.59 Å². The van der Waals surface area contributed by atoms with E-state index in [0.29, 0.717) is 18.9 Å². The second-order valence-corrected chi connectivity index (χ2v) is 8.64. The zero-order valence-corrected chi connectivity index (χ0v) is 17.4. The van der Waals surface area contributed by atoms with Crippen LogP contribution in [0.25, 0.3) is 11.0 Å². The topological polar surface area (TPSA) is 72.5 Å². The van der Waals surface area contributed by atoms with Gasteiger partial charge >= 0.3 is 0 Å². The smallest absolute Gasteiger partial charge is 0.227 e. The maximum absolute atomic E-state index is 13.0. The third-order valence-corrected chi connectivity index (χ3v) is 6.20. The number of amides is 2. The van der Waals surface area contributed by atoms with Crippen LogP contribution in [-0.4, -0.2) is 83.3 Å². The third kappa shape index (κ3) is 4.45. The number of carbonyl (C=O) groups excluding carboxylic acids is 2. The number of rotatable bonds is 6. The van der Waals surface area contributed by atoms with Gasteiger partial charge in [0.1, 0.15) is 5.82 Å². The van der Waals surface area contributed by atoms with Crippen LogP contribution >= 0.6 is 0 Å². The van der Waals surface area contributed by atoms with Crippen LogP contribution in [0, 0.1) is 5.92 Å².